The van der Waals surface area contributed by atoms with Gasteiger partial charge < -0.3 is 9.88 Å². The zero-order chi connectivity index (χ0) is 21.7. The number of nitrogens with one attached hydrogen (secondary N) is 1. The predicted molar refractivity (Wildman–Crippen MR) is 112 cm³/mol. The number of hydrogen-bond donors (Lipinski definition) is 1. The van der Waals surface area contributed by atoms with Gasteiger partial charge in [-0.05, 0) is 30.3 Å². The van der Waals surface area contributed by atoms with Crippen LogP contribution in [0.15, 0.2) is 59.5 Å². The summed E-state index contributed by atoms with van der Waals surface area (Å²) in [7, 11) is 1.74. The summed E-state index contributed by atoms with van der Waals surface area (Å²) in [5.74, 6) is -1.58. The van der Waals surface area contributed by atoms with Crippen LogP contribution in [0.25, 0.3) is 27.8 Å². The number of aromatic amines is 1. The Hall–Kier alpha value is -4.01. The summed E-state index contributed by atoms with van der Waals surface area (Å²) in [4.78, 5) is 30.7. The van der Waals surface area contributed by atoms with Gasteiger partial charge in [0.25, 0.3) is 5.56 Å². The fourth-order valence-electron chi connectivity index (χ4n) is 3.83. The Morgan fingerprint density at radius 2 is 1.68 bits per heavy atom. The molecule has 0 radical (unpaired) electrons. The van der Waals surface area contributed by atoms with E-state index < -0.39 is 17.2 Å². The lowest BCUT2D eigenvalue weighted by Crippen LogP contribution is -2.29. The molecule has 0 atom stereocenters. The van der Waals surface area contributed by atoms with Crippen LogP contribution >= 0.6 is 0 Å². The van der Waals surface area contributed by atoms with Crippen molar-refractivity contribution in [2.24, 2.45) is 0 Å². The highest BCUT2D eigenvalue weighted by Crippen LogP contribution is 2.31. The van der Waals surface area contributed by atoms with Crippen molar-refractivity contribution < 1.29 is 13.6 Å². The summed E-state index contributed by atoms with van der Waals surface area (Å²) in [6.07, 6.45) is 1.41. The van der Waals surface area contributed by atoms with Crippen LogP contribution < -0.4 is 10.5 Å². The minimum Gasteiger partial charge on any atom is -0.328 e. The summed E-state index contributed by atoms with van der Waals surface area (Å²) in [5, 5.41) is 4.61. The minimum absolute atomic E-state index is 0.0889. The summed E-state index contributed by atoms with van der Waals surface area (Å²) in [5.41, 5.74) is 1.10. The molecule has 2 aromatic carbocycles. The van der Waals surface area contributed by atoms with Gasteiger partial charge in [-0.25, -0.2) is 18.3 Å². The number of hydrogen-bond acceptors (Lipinski definition) is 3. The van der Waals surface area contributed by atoms with Crippen LogP contribution in [0.1, 0.15) is 0 Å². The number of carbonyl (C=O) groups excluding carboxylic acids is 1. The molecule has 9 heteroatoms. The molecule has 2 amide bonds. The van der Waals surface area contributed by atoms with E-state index in [4.69, 9.17) is 0 Å². The van der Waals surface area contributed by atoms with Gasteiger partial charge in [0, 0.05) is 37.6 Å². The van der Waals surface area contributed by atoms with Crippen LogP contribution in [0, 0.1) is 11.6 Å². The molecule has 0 spiro atoms. The average molecular weight is 421 g/mol. The highest BCUT2D eigenvalue weighted by atomic mass is 19.1. The number of urea groups is 1. The van der Waals surface area contributed by atoms with Gasteiger partial charge in [0.1, 0.15) is 11.4 Å². The summed E-state index contributed by atoms with van der Waals surface area (Å²) >= 11 is 0. The van der Waals surface area contributed by atoms with Crippen molar-refractivity contribution in [3.63, 3.8) is 0 Å². The maximum atomic E-state index is 14.4. The number of benzene rings is 2. The van der Waals surface area contributed by atoms with Crippen molar-refractivity contribution >= 4 is 22.6 Å². The second-order valence-corrected chi connectivity index (χ2v) is 7.30. The molecule has 1 aliphatic rings. The lowest BCUT2D eigenvalue weighted by Gasteiger charge is -2.16. The molecule has 2 aromatic heterocycles. The SMILES string of the molecule is CN1CCN(c2ccc(-c3nn(-c4c(F)cccc4F)c4cc[nH]c(=O)c34)cc2)C1=O. The quantitative estimate of drug-likeness (QED) is 0.550. The number of nitrogens with zero attached hydrogens (tertiary/aromatic N) is 4. The number of anilines is 1. The number of halogens is 2. The average Bonchev–Trinajstić information content (AvgIpc) is 3.30. The molecule has 0 saturated carbocycles. The number of H-pyrrole nitrogens is 1. The maximum Gasteiger partial charge on any atom is 0.324 e. The first-order chi connectivity index (χ1) is 15.0. The monoisotopic (exact) mass is 421 g/mol. The molecule has 1 N–H and O–H groups in total. The van der Waals surface area contributed by atoms with Crippen molar-refractivity contribution in [1.29, 1.82) is 0 Å². The van der Waals surface area contributed by atoms with E-state index >= 15 is 0 Å². The van der Waals surface area contributed by atoms with Gasteiger partial charge in [-0.2, -0.15) is 5.10 Å². The molecule has 1 fully saturated rings. The van der Waals surface area contributed by atoms with Gasteiger partial charge in [0.05, 0.1) is 10.9 Å². The fourth-order valence-corrected chi connectivity index (χ4v) is 3.83. The Morgan fingerprint density at radius 3 is 2.32 bits per heavy atom. The van der Waals surface area contributed by atoms with Crippen molar-refractivity contribution in [3.05, 3.63) is 76.7 Å². The van der Waals surface area contributed by atoms with E-state index in [1.54, 1.807) is 47.2 Å². The summed E-state index contributed by atoms with van der Waals surface area (Å²) in [6, 6.07) is 12.0. The molecular weight excluding hydrogens is 404 g/mol. The van der Waals surface area contributed by atoms with E-state index in [-0.39, 0.29) is 28.3 Å². The first-order valence-corrected chi connectivity index (χ1v) is 9.63. The Kier molecular flexibility index (Phi) is 4.32. The number of para-hydroxylation sites is 1. The van der Waals surface area contributed by atoms with E-state index in [9.17, 15) is 18.4 Å². The van der Waals surface area contributed by atoms with E-state index in [0.29, 0.717) is 18.7 Å². The molecule has 0 aliphatic carbocycles. The highest BCUT2D eigenvalue weighted by molar-refractivity contribution is 5.96. The lowest BCUT2D eigenvalue weighted by molar-refractivity contribution is 0.229. The third-order valence-corrected chi connectivity index (χ3v) is 5.42. The maximum absolute atomic E-state index is 14.4. The van der Waals surface area contributed by atoms with Crippen LogP contribution in [0.2, 0.25) is 0 Å². The molecule has 156 valence electrons. The van der Waals surface area contributed by atoms with Crippen LogP contribution in [-0.4, -0.2) is 45.8 Å². The van der Waals surface area contributed by atoms with E-state index in [0.717, 1.165) is 22.5 Å². The summed E-state index contributed by atoms with van der Waals surface area (Å²) < 4.78 is 30.0. The zero-order valence-corrected chi connectivity index (χ0v) is 16.5. The predicted octanol–water partition coefficient (Wildman–Crippen LogP) is 3.53. The third kappa shape index (κ3) is 2.97. The van der Waals surface area contributed by atoms with E-state index in [2.05, 4.69) is 10.1 Å². The molecule has 4 aromatic rings. The molecule has 0 bridgehead atoms. The summed E-state index contributed by atoms with van der Waals surface area (Å²) in [6.45, 7) is 1.22. The van der Waals surface area contributed by atoms with Gasteiger partial charge in [-0.3, -0.25) is 9.69 Å². The fraction of sp³-hybridized carbons (Fsp3) is 0.136. The molecule has 0 unspecified atom stereocenters. The molecule has 7 nitrogen and oxygen atoms in total. The van der Waals surface area contributed by atoms with Crippen LogP contribution in [0.3, 0.4) is 0 Å². The van der Waals surface area contributed by atoms with Crippen LogP contribution in [0.5, 0.6) is 0 Å². The van der Waals surface area contributed by atoms with Crippen molar-refractivity contribution in [1.82, 2.24) is 19.7 Å². The van der Waals surface area contributed by atoms with Crippen LogP contribution in [0.4, 0.5) is 19.3 Å². The number of carbonyl (C=O) groups is 1. The van der Waals surface area contributed by atoms with Gasteiger partial charge in [0.15, 0.2) is 11.6 Å². The molecule has 1 saturated heterocycles. The van der Waals surface area contributed by atoms with Crippen molar-refractivity contribution in [2.45, 2.75) is 0 Å². The highest BCUT2D eigenvalue weighted by Gasteiger charge is 2.27. The van der Waals surface area contributed by atoms with Gasteiger partial charge in [0.2, 0.25) is 0 Å². The zero-order valence-electron chi connectivity index (χ0n) is 16.5. The van der Waals surface area contributed by atoms with Gasteiger partial charge >= 0.3 is 6.03 Å². The number of rotatable bonds is 3. The molecule has 5 rings (SSSR count). The topological polar surface area (TPSA) is 74.2 Å². The first kappa shape index (κ1) is 19.0. The number of pyridine rings is 1. The number of amides is 2. The third-order valence-electron chi connectivity index (χ3n) is 5.42. The number of aromatic nitrogens is 3. The Bertz CT molecular complexity index is 1360. The van der Waals surface area contributed by atoms with E-state index in [1.165, 1.54) is 12.3 Å². The van der Waals surface area contributed by atoms with E-state index in [1.807, 2.05) is 0 Å². The molecule has 1 aliphatic heterocycles. The smallest absolute Gasteiger partial charge is 0.324 e. The van der Waals surface area contributed by atoms with Gasteiger partial charge in [-0.15, -0.1) is 0 Å². The lowest BCUT2D eigenvalue weighted by atomic mass is 10.1. The van der Waals surface area contributed by atoms with Crippen LogP contribution in [-0.2, 0) is 0 Å². The second kappa shape index (κ2) is 7.05. The Balaban J connectivity index is 1.66. The Morgan fingerprint density at radius 1 is 0.968 bits per heavy atom. The molecular formula is C22H17F2N5O2. The molecule has 31 heavy (non-hydrogen) atoms. The molecule has 3 heterocycles. The number of likely N-dealkylation sites (N-methyl/N-ethyl adjacent to an activating group) is 1. The number of fused-ring (bicyclic) bond motifs is 1. The minimum atomic E-state index is -0.789. The standard InChI is InChI=1S/C22H17F2N5O2/c1-27-11-12-28(22(27)31)14-7-5-13(6-8-14)19-18-17(9-10-25-21(18)30)29(26-19)20-15(23)3-2-4-16(20)24/h2-10H,11-12H2,1H3,(H,25,30). The van der Waals surface area contributed by atoms with Crippen molar-refractivity contribution in [2.75, 3.05) is 25.0 Å². The van der Waals surface area contributed by atoms with Gasteiger partial charge in [-0.1, -0.05) is 18.2 Å². The normalized spacial score (nSPS) is 14.1. The largest absolute Gasteiger partial charge is 0.328 e. The van der Waals surface area contributed by atoms with Crippen molar-refractivity contribution in [3.8, 4) is 16.9 Å². The Labute approximate surface area is 175 Å². The first-order valence-electron chi connectivity index (χ1n) is 9.63. The second-order valence-electron chi connectivity index (χ2n) is 7.30.